The molecule has 2 unspecified atom stereocenters. The van der Waals surface area contributed by atoms with E-state index in [2.05, 4.69) is 22.9 Å². The minimum atomic E-state index is -0.294. The largest absolute Gasteiger partial charge is 0.378 e. The second-order valence-corrected chi connectivity index (χ2v) is 6.60. The Bertz CT molecular complexity index is 608. The summed E-state index contributed by atoms with van der Waals surface area (Å²) in [6, 6.07) is 2.25. The number of hydrogen-bond donors (Lipinski definition) is 0. The van der Waals surface area contributed by atoms with Gasteiger partial charge in [0.25, 0.3) is 0 Å². The minimum absolute atomic E-state index is 0.0692. The van der Waals surface area contributed by atoms with Crippen LogP contribution in [0.5, 0.6) is 0 Å². The number of pyridine rings is 1. The Kier molecular flexibility index (Phi) is 4.26. The molecule has 1 aromatic rings. The first-order chi connectivity index (χ1) is 10.5. The van der Waals surface area contributed by atoms with Crippen molar-refractivity contribution in [3.8, 4) is 6.07 Å². The Labute approximate surface area is 135 Å². The Morgan fingerprint density at radius 2 is 2.36 bits per heavy atom. The zero-order valence-electron chi connectivity index (χ0n) is 12.9. The number of hydrogen-bond acceptors (Lipinski definition) is 5. The van der Waals surface area contributed by atoms with Gasteiger partial charge < -0.3 is 14.4 Å². The van der Waals surface area contributed by atoms with Gasteiger partial charge in [0.2, 0.25) is 0 Å². The van der Waals surface area contributed by atoms with Crippen LogP contribution in [0.3, 0.4) is 0 Å². The predicted octanol–water partition coefficient (Wildman–Crippen LogP) is 2.69. The molecular weight excluding hydrogens is 302 g/mol. The average molecular weight is 322 g/mol. The van der Waals surface area contributed by atoms with Crippen molar-refractivity contribution >= 4 is 17.4 Å². The number of nitriles is 1. The van der Waals surface area contributed by atoms with Crippen LogP contribution in [0.1, 0.15) is 30.9 Å². The fourth-order valence-electron chi connectivity index (χ4n) is 3.37. The van der Waals surface area contributed by atoms with Gasteiger partial charge in [-0.1, -0.05) is 11.6 Å². The van der Waals surface area contributed by atoms with E-state index >= 15 is 0 Å². The molecule has 0 saturated carbocycles. The molecule has 2 atom stereocenters. The average Bonchev–Trinajstić information content (AvgIpc) is 2.49. The highest BCUT2D eigenvalue weighted by atomic mass is 35.5. The number of morpholine rings is 1. The first-order valence-corrected chi connectivity index (χ1v) is 7.98. The lowest BCUT2D eigenvalue weighted by Gasteiger charge is -2.47. The van der Waals surface area contributed by atoms with Crippen molar-refractivity contribution in [1.29, 1.82) is 5.26 Å². The summed E-state index contributed by atoms with van der Waals surface area (Å²) in [6.07, 6.45) is 3.66. The molecule has 0 amide bonds. The molecule has 22 heavy (non-hydrogen) atoms. The van der Waals surface area contributed by atoms with Gasteiger partial charge >= 0.3 is 0 Å². The van der Waals surface area contributed by atoms with E-state index in [0.717, 1.165) is 25.0 Å². The second kappa shape index (κ2) is 6.04. The lowest BCUT2D eigenvalue weighted by atomic mass is 9.93. The van der Waals surface area contributed by atoms with Crippen LogP contribution in [0.2, 0.25) is 5.02 Å². The molecule has 0 radical (unpaired) electrons. The summed E-state index contributed by atoms with van der Waals surface area (Å²) in [4.78, 5) is 6.56. The van der Waals surface area contributed by atoms with E-state index < -0.39 is 0 Å². The first-order valence-electron chi connectivity index (χ1n) is 7.60. The summed E-state index contributed by atoms with van der Waals surface area (Å²) in [6.45, 7) is 6.71. The zero-order valence-corrected chi connectivity index (χ0v) is 13.7. The molecule has 2 fully saturated rings. The molecular formula is C16H20ClN3O2. The molecule has 118 valence electrons. The lowest BCUT2D eigenvalue weighted by molar-refractivity contribution is -0.160. The molecule has 3 rings (SSSR count). The summed E-state index contributed by atoms with van der Waals surface area (Å²) in [7, 11) is 0. The number of ether oxygens (including phenoxy) is 2. The number of rotatable bonds is 1. The molecule has 1 aromatic heterocycles. The van der Waals surface area contributed by atoms with E-state index in [9.17, 15) is 5.26 Å². The topological polar surface area (TPSA) is 58.4 Å². The number of halogens is 1. The van der Waals surface area contributed by atoms with E-state index in [-0.39, 0.29) is 11.7 Å². The van der Waals surface area contributed by atoms with Gasteiger partial charge in [0, 0.05) is 19.3 Å². The van der Waals surface area contributed by atoms with Crippen molar-refractivity contribution in [1.82, 2.24) is 4.98 Å². The Morgan fingerprint density at radius 1 is 1.55 bits per heavy atom. The summed E-state index contributed by atoms with van der Waals surface area (Å²) in [5.41, 5.74) is 1.04. The lowest BCUT2D eigenvalue weighted by Crippen LogP contribution is -2.59. The number of anilines is 1. The normalized spacial score (nSPS) is 28.6. The monoisotopic (exact) mass is 321 g/mol. The molecule has 0 aliphatic carbocycles. The van der Waals surface area contributed by atoms with Gasteiger partial charge in [-0.05, 0) is 32.3 Å². The van der Waals surface area contributed by atoms with Gasteiger partial charge in [-0.2, -0.15) is 5.26 Å². The third-order valence-electron chi connectivity index (χ3n) is 4.36. The molecule has 6 heteroatoms. The molecule has 3 heterocycles. The van der Waals surface area contributed by atoms with Crippen LogP contribution >= 0.6 is 11.6 Å². The Hall–Kier alpha value is -1.35. The maximum Gasteiger partial charge on any atom is 0.147 e. The zero-order chi connectivity index (χ0) is 15.7. The van der Waals surface area contributed by atoms with Crippen molar-refractivity contribution < 1.29 is 9.47 Å². The summed E-state index contributed by atoms with van der Waals surface area (Å²) in [5, 5.41) is 10.0. The van der Waals surface area contributed by atoms with Crippen LogP contribution in [0.25, 0.3) is 0 Å². The molecule has 2 aliphatic rings. The van der Waals surface area contributed by atoms with Crippen molar-refractivity contribution in [2.75, 3.05) is 31.2 Å². The molecule has 0 aromatic carbocycles. The van der Waals surface area contributed by atoms with Crippen molar-refractivity contribution in [3.63, 3.8) is 0 Å². The van der Waals surface area contributed by atoms with E-state index in [1.807, 2.05) is 6.92 Å². The Balaban J connectivity index is 1.94. The van der Waals surface area contributed by atoms with E-state index in [1.54, 1.807) is 6.20 Å². The molecule has 2 saturated heterocycles. The Morgan fingerprint density at radius 3 is 3.05 bits per heavy atom. The van der Waals surface area contributed by atoms with Crippen LogP contribution in [0, 0.1) is 18.3 Å². The van der Waals surface area contributed by atoms with Gasteiger partial charge in [-0.15, -0.1) is 0 Å². The molecule has 2 aliphatic heterocycles. The van der Waals surface area contributed by atoms with Crippen LogP contribution in [0.15, 0.2) is 6.20 Å². The minimum Gasteiger partial charge on any atom is -0.378 e. The maximum absolute atomic E-state index is 9.49. The highest BCUT2D eigenvalue weighted by Crippen LogP contribution is 2.34. The van der Waals surface area contributed by atoms with Crippen LogP contribution in [-0.2, 0) is 9.47 Å². The maximum atomic E-state index is 9.49. The fraction of sp³-hybridized carbons (Fsp3) is 0.625. The summed E-state index contributed by atoms with van der Waals surface area (Å²) in [5.74, 6) is 0.699. The van der Waals surface area contributed by atoms with Crippen LogP contribution in [-0.4, -0.2) is 43.0 Å². The fourth-order valence-corrected chi connectivity index (χ4v) is 3.51. The van der Waals surface area contributed by atoms with Gasteiger partial charge in [0.1, 0.15) is 17.5 Å². The smallest absolute Gasteiger partial charge is 0.147 e. The second-order valence-electron chi connectivity index (χ2n) is 6.19. The predicted molar refractivity (Wildman–Crippen MR) is 84.2 cm³/mol. The third kappa shape index (κ3) is 2.79. The number of nitrogens with zero attached hydrogens (tertiary/aromatic N) is 3. The summed E-state index contributed by atoms with van der Waals surface area (Å²) < 4.78 is 11.8. The molecule has 1 spiro atoms. The van der Waals surface area contributed by atoms with E-state index in [0.29, 0.717) is 36.1 Å². The van der Waals surface area contributed by atoms with E-state index in [1.165, 1.54) is 0 Å². The molecule has 0 bridgehead atoms. The molecule has 5 nitrogen and oxygen atoms in total. The van der Waals surface area contributed by atoms with Crippen molar-refractivity contribution in [2.24, 2.45) is 0 Å². The standard InChI is InChI=1S/C16H20ClN3O2/c1-11-8-20(9-16(22-11)4-3-5-21-10-16)15-13(6-18)12(2)14(17)7-19-15/h7,11H,3-5,8-10H2,1-2H3. The first kappa shape index (κ1) is 15.5. The van der Waals surface area contributed by atoms with Gasteiger partial charge in [-0.25, -0.2) is 4.98 Å². The van der Waals surface area contributed by atoms with Crippen molar-refractivity contribution in [2.45, 2.75) is 38.4 Å². The number of aromatic nitrogens is 1. The highest BCUT2D eigenvalue weighted by Gasteiger charge is 2.42. The summed E-state index contributed by atoms with van der Waals surface area (Å²) >= 11 is 6.10. The van der Waals surface area contributed by atoms with Crippen molar-refractivity contribution in [3.05, 3.63) is 22.3 Å². The van der Waals surface area contributed by atoms with Gasteiger partial charge in [0.15, 0.2) is 0 Å². The van der Waals surface area contributed by atoms with Crippen LogP contribution in [0.4, 0.5) is 5.82 Å². The third-order valence-corrected chi connectivity index (χ3v) is 4.74. The SMILES string of the molecule is Cc1c(Cl)cnc(N2CC(C)OC3(CCCOC3)C2)c1C#N. The molecule has 0 N–H and O–H groups in total. The van der Waals surface area contributed by atoms with Crippen LogP contribution < -0.4 is 4.90 Å². The quantitative estimate of drug-likeness (QED) is 0.796. The van der Waals surface area contributed by atoms with Gasteiger partial charge in [0.05, 0.1) is 29.8 Å². The van der Waals surface area contributed by atoms with Gasteiger partial charge in [-0.3, -0.25) is 0 Å². The highest BCUT2D eigenvalue weighted by molar-refractivity contribution is 6.31. The van der Waals surface area contributed by atoms with E-state index in [4.69, 9.17) is 21.1 Å².